The number of nitrogens with zero attached hydrogens (tertiary/aromatic N) is 1. The first-order valence-corrected chi connectivity index (χ1v) is 8.29. The van der Waals surface area contributed by atoms with Crippen molar-refractivity contribution in [2.75, 3.05) is 5.32 Å². The first kappa shape index (κ1) is 16.5. The van der Waals surface area contributed by atoms with Gasteiger partial charge in [0.15, 0.2) is 0 Å². The summed E-state index contributed by atoms with van der Waals surface area (Å²) in [5.41, 5.74) is 8.80. The number of aromatic nitrogens is 1. The van der Waals surface area contributed by atoms with Gasteiger partial charge in [0, 0.05) is 18.0 Å². The summed E-state index contributed by atoms with van der Waals surface area (Å²) in [4.78, 5) is 16.5. The van der Waals surface area contributed by atoms with E-state index in [1.807, 2.05) is 32.0 Å². The van der Waals surface area contributed by atoms with Crippen LogP contribution in [0, 0.1) is 19.8 Å². The van der Waals surface area contributed by atoms with Gasteiger partial charge in [-0.15, -0.1) is 0 Å². The molecule has 1 aliphatic carbocycles. The number of benzene rings is 1. The molecule has 1 saturated carbocycles. The maximum atomic E-state index is 12.2. The highest BCUT2D eigenvalue weighted by molar-refractivity contribution is 5.92. The number of hydrogen-bond acceptors (Lipinski definition) is 4. The minimum absolute atomic E-state index is 0.00544. The molecule has 1 fully saturated rings. The first-order valence-electron chi connectivity index (χ1n) is 8.29. The Morgan fingerprint density at radius 1 is 1.25 bits per heavy atom. The quantitative estimate of drug-likeness (QED) is 0.901. The highest BCUT2D eigenvalue weighted by Crippen LogP contribution is 2.27. The molecule has 1 aliphatic rings. The SMILES string of the molecule is Cc1cccc(Oc2ccc(NC(=O)C3CCC(N)C3)cn2)c1C. The Morgan fingerprint density at radius 3 is 2.75 bits per heavy atom. The second-order valence-electron chi connectivity index (χ2n) is 6.44. The van der Waals surface area contributed by atoms with E-state index < -0.39 is 0 Å². The maximum absolute atomic E-state index is 12.2. The van der Waals surface area contributed by atoms with Crippen LogP contribution in [0.5, 0.6) is 11.6 Å². The molecule has 1 aromatic carbocycles. The predicted octanol–water partition coefficient (Wildman–Crippen LogP) is 3.56. The molecular weight excluding hydrogens is 302 g/mol. The third-order valence-electron chi connectivity index (χ3n) is 4.62. The average molecular weight is 325 g/mol. The van der Waals surface area contributed by atoms with E-state index in [-0.39, 0.29) is 17.9 Å². The van der Waals surface area contributed by atoms with Crippen LogP contribution in [-0.4, -0.2) is 16.9 Å². The minimum Gasteiger partial charge on any atom is -0.439 e. The summed E-state index contributed by atoms with van der Waals surface area (Å²) in [6.07, 6.45) is 4.15. The van der Waals surface area contributed by atoms with Gasteiger partial charge in [-0.05, 0) is 56.4 Å². The molecule has 0 bridgehead atoms. The highest BCUT2D eigenvalue weighted by Gasteiger charge is 2.27. The lowest BCUT2D eigenvalue weighted by Crippen LogP contribution is -2.23. The molecule has 3 rings (SSSR count). The molecule has 0 aliphatic heterocycles. The van der Waals surface area contributed by atoms with Crippen molar-refractivity contribution in [1.82, 2.24) is 4.98 Å². The zero-order valence-corrected chi connectivity index (χ0v) is 14.1. The van der Waals surface area contributed by atoms with E-state index in [9.17, 15) is 4.79 Å². The number of carbonyl (C=O) groups is 1. The molecule has 5 nitrogen and oxygen atoms in total. The van der Waals surface area contributed by atoms with Crippen molar-refractivity contribution in [3.63, 3.8) is 0 Å². The zero-order valence-electron chi connectivity index (χ0n) is 14.1. The van der Waals surface area contributed by atoms with Gasteiger partial charge < -0.3 is 15.8 Å². The van der Waals surface area contributed by atoms with Crippen LogP contribution in [0.25, 0.3) is 0 Å². The fourth-order valence-corrected chi connectivity index (χ4v) is 2.96. The Hall–Kier alpha value is -2.40. The standard InChI is InChI=1S/C19H23N3O2/c1-12-4-3-5-17(13(12)2)24-18-9-8-16(11-21-18)22-19(23)14-6-7-15(20)10-14/h3-5,8-9,11,14-15H,6-7,10,20H2,1-2H3,(H,22,23). The highest BCUT2D eigenvalue weighted by atomic mass is 16.5. The molecule has 5 heteroatoms. The summed E-state index contributed by atoms with van der Waals surface area (Å²) >= 11 is 0. The molecule has 126 valence electrons. The summed E-state index contributed by atoms with van der Waals surface area (Å²) in [7, 11) is 0. The molecule has 0 spiro atoms. The summed E-state index contributed by atoms with van der Waals surface area (Å²) in [6.45, 7) is 4.06. The van der Waals surface area contributed by atoms with Crippen molar-refractivity contribution in [2.45, 2.75) is 39.2 Å². The molecule has 3 N–H and O–H groups in total. The van der Waals surface area contributed by atoms with Crippen molar-refractivity contribution in [2.24, 2.45) is 11.7 Å². The zero-order chi connectivity index (χ0) is 17.1. The minimum atomic E-state index is 0.00544. The van der Waals surface area contributed by atoms with Crippen LogP contribution in [0.4, 0.5) is 5.69 Å². The molecule has 0 saturated heterocycles. The molecule has 2 atom stereocenters. The largest absolute Gasteiger partial charge is 0.439 e. The number of nitrogens with two attached hydrogens (primary N) is 1. The number of carbonyl (C=O) groups excluding carboxylic acids is 1. The van der Waals surface area contributed by atoms with Crippen LogP contribution in [0.2, 0.25) is 0 Å². The fraction of sp³-hybridized carbons (Fsp3) is 0.368. The normalized spacial score (nSPS) is 20.0. The van der Waals surface area contributed by atoms with Gasteiger partial charge in [-0.3, -0.25) is 4.79 Å². The number of pyridine rings is 1. The Labute approximate surface area is 142 Å². The molecule has 2 aromatic rings. The summed E-state index contributed by atoms with van der Waals surface area (Å²) in [6, 6.07) is 9.63. The van der Waals surface area contributed by atoms with E-state index in [1.165, 1.54) is 5.56 Å². The number of aryl methyl sites for hydroxylation is 1. The number of hydrogen-bond donors (Lipinski definition) is 2. The Bertz CT molecular complexity index is 728. The molecule has 1 heterocycles. The second-order valence-corrected chi connectivity index (χ2v) is 6.44. The molecular formula is C19H23N3O2. The Balaban J connectivity index is 1.63. The molecule has 1 amide bonds. The van der Waals surface area contributed by atoms with Crippen LogP contribution in [-0.2, 0) is 4.79 Å². The second kappa shape index (κ2) is 7.01. The lowest BCUT2D eigenvalue weighted by Gasteiger charge is -2.12. The van der Waals surface area contributed by atoms with Gasteiger partial charge in [0.2, 0.25) is 11.8 Å². The van der Waals surface area contributed by atoms with Crippen LogP contribution < -0.4 is 15.8 Å². The van der Waals surface area contributed by atoms with Gasteiger partial charge in [-0.25, -0.2) is 4.98 Å². The summed E-state index contributed by atoms with van der Waals surface area (Å²) in [5, 5.41) is 2.90. The van der Waals surface area contributed by atoms with Crippen molar-refractivity contribution in [1.29, 1.82) is 0 Å². The average Bonchev–Trinajstić information content (AvgIpc) is 3.00. The van der Waals surface area contributed by atoms with E-state index in [0.717, 1.165) is 30.6 Å². The van der Waals surface area contributed by atoms with Gasteiger partial charge in [-0.1, -0.05) is 12.1 Å². The van der Waals surface area contributed by atoms with Crippen LogP contribution >= 0.6 is 0 Å². The first-order chi connectivity index (χ1) is 11.5. The van der Waals surface area contributed by atoms with Gasteiger partial charge in [0.1, 0.15) is 5.75 Å². The maximum Gasteiger partial charge on any atom is 0.227 e. The Morgan fingerprint density at radius 2 is 2.08 bits per heavy atom. The van der Waals surface area contributed by atoms with Crippen LogP contribution in [0.15, 0.2) is 36.5 Å². The predicted molar refractivity (Wildman–Crippen MR) is 94.2 cm³/mol. The number of ether oxygens (including phenoxy) is 1. The van der Waals surface area contributed by atoms with E-state index in [2.05, 4.69) is 10.3 Å². The molecule has 0 radical (unpaired) electrons. The van der Waals surface area contributed by atoms with Crippen molar-refractivity contribution in [3.05, 3.63) is 47.7 Å². The van der Waals surface area contributed by atoms with Gasteiger partial charge >= 0.3 is 0 Å². The van der Waals surface area contributed by atoms with E-state index >= 15 is 0 Å². The van der Waals surface area contributed by atoms with Gasteiger partial charge in [-0.2, -0.15) is 0 Å². The number of amides is 1. The van der Waals surface area contributed by atoms with E-state index in [1.54, 1.807) is 18.3 Å². The Kier molecular flexibility index (Phi) is 4.81. The fourth-order valence-electron chi connectivity index (χ4n) is 2.96. The number of nitrogens with one attached hydrogen (secondary N) is 1. The third-order valence-corrected chi connectivity index (χ3v) is 4.62. The topological polar surface area (TPSA) is 77.2 Å². The third kappa shape index (κ3) is 3.74. The van der Waals surface area contributed by atoms with Crippen LogP contribution in [0.1, 0.15) is 30.4 Å². The lowest BCUT2D eigenvalue weighted by molar-refractivity contribution is -0.119. The summed E-state index contributed by atoms with van der Waals surface area (Å²) in [5.74, 6) is 1.32. The molecule has 1 aromatic heterocycles. The number of rotatable bonds is 4. The monoisotopic (exact) mass is 325 g/mol. The summed E-state index contributed by atoms with van der Waals surface area (Å²) < 4.78 is 5.82. The smallest absolute Gasteiger partial charge is 0.227 e. The van der Waals surface area contributed by atoms with Crippen molar-refractivity contribution in [3.8, 4) is 11.6 Å². The molecule has 24 heavy (non-hydrogen) atoms. The lowest BCUT2D eigenvalue weighted by atomic mass is 10.1. The van der Waals surface area contributed by atoms with Crippen molar-refractivity contribution < 1.29 is 9.53 Å². The van der Waals surface area contributed by atoms with E-state index in [4.69, 9.17) is 10.5 Å². The van der Waals surface area contributed by atoms with E-state index in [0.29, 0.717) is 11.6 Å². The molecule has 2 unspecified atom stereocenters. The van der Waals surface area contributed by atoms with Gasteiger partial charge in [0.05, 0.1) is 11.9 Å². The van der Waals surface area contributed by atoms with Crippen molar-refractivity contribution >= 4 is 11.6 Å². The van der Waals surface area contributed by atoms with Gasteiger partial charge in [0.25, 0.3) is 0 Å². The number of anilines is 1. The van der Waals surface area contributed by atoms with Crippen LogP contribution in [0.3, 0.4) is 0 Å².